The Kier molecular flexibility index (Phi) is 9.76. The number of hydrogen-bond acceptors (Lipinski definition) is 11. The van der Waals surface area contributed by atoms with Crippen molar-refractivity contribution in [3.63, 3.8) is 0 Å². The van der Waals surface area contributed by atoms with Crippen LogP contribution in [0.2, 0.25) is 0 Å². The smallest absolute Gasteiger partial charge is 0.121 e. The van der Waals surface area contributed by atoms with Gasteiger partial charge in [0.1, 0.15) is 16.7 Å². The van der Waals surface area contributed by atoms with Crippen LogP contribution < -0.4 is 5.43 Å². The van der Waals surface area contributed by atoms with Gasteiger partial charge in [-0.1, -0.05) is 54.6 Å². The summed E-state index contributed by atoms with van der Waals surface area (Å²) in [7, 11) is 0. The molecule has 0 aliphatic heterocycles. The Balaban J connectivity index is 0.954. The van der Waals surface area contributed by atoms with Crippen LogP contribution in [0.25, 0.3) is 45.7 Å². The molecule has 0 radical (unpaired) electrons. The highest BCUT2D eigenvalue weighted by Gasteiger charge is 2.16. The van der Waals surface area contributed by atoms with E-state index in [4.69, 9.17) is 40.9 Å². The molecule has 54 heavy (non-hydrogen) atoms. The van der Waals surface area contributed by atoms with E-state index in [0.29, 0.717) is 17.1 Å². The third-order valence-corrected chi connectivity index (χ3v) is 10.8. The molecule has 0 saturated carbocycles. The van der Waals surface area contributed by atoms with E-state index < -0.39 is 0 Å². The number of rotatable bonds is 7. The molecule has 0 atom stereocenters. The molecule has 2 N–H and O–H groups in total. The van der Waals surface area contributed by atoms with Crippen LogP contribution in [0.4, 0.5) is 17.1 Å². The van der Waals surface area contributed by atoms with Gasteiger partial charge >= 0.3 is 0 Å². The zero-order valence-electron chi connectivity index (χ0n) is 29.0. The number of nitrogens with zero attached hydrogens (tertiary/aromatic N) is 6. The number of allylic oxidation sites excluding steroid dienone is 1. The Morgan fingerprint density at radius 3 is 2.31 bits per heavy atom. The van der Waals surface area contributed by atoms with Gasteiger partial charge in [0.25, 0.3) is 0 Å². The van der Waals surface area contributed by atoms with Crippen molar-refractivity contribution in [2.45, 2.75) is 33.4 Å². The highest BCUT2D eigenvalue weighted by atomic mass is 32.1. The molecule has 0 spiro atoms. The summed E-state index contributed by atoms with van der Waals surface area (Å²) in [6.07, 6.45) is 7.86. The first-order valence-corrected chi connectivity index (χ1v) is 18.7. The van der Waals surface area contributed by atoms with Crippen molar-refractivity contribution in [3.05, 3.63) is 137 Å². The van der Waals surface area contributed by atoms with E-state index in [2.05, 4.69) is 59.0 Å². The van der Waals surface area contributed by atoms with E-state index in [1.54, 1.807) is 4.80 Å². The quantitative estimate of drug-likeness (QED) is 0.0420. The fourth-order valence-corrected chi connectivity index (χ4v) is 7.44. The number of benzene rings is 6. The van der Waals surface area contributed by atoms with E-state index in [1.807, 2.05) is 122 Å². The fraction of sp³-hybridized carbons (Fsp3) is 0.0476. The normalized spacial score (nSPS) is 13.6. The summed E-state index contributed by atoms with van der Waals surface area (Å²) in [4.78, 5) is 4.96. The molecule has 1 aliphatic carbocycles. The largest absolute Gasteiger partial charge is 0.298 e. The lowest BCUT2D eigenvalue weighted by molar-refractivity contribution is 0.764. The monoisotopic (exact) mass is 776 g/mol. The number of azo groups is 1. The maximum atomic E-state index is 8.54. The molecule has 0 amide bonds. The molecule has 0 fully saturated rings. The molecule has 264 valence electrons. The molecule has 1 aliphatic rings. The Morgan fingerprint density at radius 2 is 1.52 bits per heavy atom. The van der Waals surface area contributed by atoms with Crippen LogP contribution in [0.15, 0.2) is 138 Å². The standard InChI is InChI=1S/C42H32N8S4/c1-23-24(2)36(47-45-28-12-10-27(11-13-28)44-46-35-18-9-26-19-30(51)15-17-32(26)41(35)43)21-39(53)31(23)16-8-25-7-14-29(20-38(25)52)50-48-37-22-40(54)33-5-3-4-6-34(33)42(37)49-50/h3-22,43-44,51-54H,1-2H3/b16-8?,43-41?,46-35-,47-45?. The van der Waals surface area contributed by atoms with Crippen molar-refractivity contribution in [2.75, 3.05) is 5.43 Å². The van der Waals surface area contributed by atoms with Crippen molar-refractivity contribution in [2.24, 2.45) is 15.3 Å². The lowest BCUT2D eigenvalue weighted by Crippen LogP contribution is -2.18. The molecule has 1 aromatic heterocycles. The van der Waals surface area contributed by atoms with Gasteiger partial charge < -0.3 is 0 Å². The minimum atomic E-state index is 0.356. The van der Waals surface area contributed by atoms with Gasteiger partial charge in [-0.25, -0.2) is 0 Å². The minimum Gasteiger partial charge on any atom is -0.298 e. The predicted molar refractivity (Wildman–Crippen MR) is 234 cm³/mol. The van der Waals surface area contributed by atoms with Crippen molar-refractivity contribution in [1.29, 1.82) is 5.41 Å². The first-order chi connectivity index (χ1) is 26.1. The fourth-order valence-electron chi connectivity index (χ4n) is 6.27. The average Bonchev–Trinajstić information content (AvgIpc) is 3.61. The van der Waals surface area contributed by atoms with Gasteiger partial charge in [0.2, 0.25) is 0 Å². The van der Waals surface area contributed by atoms with E-state index in [-0.39, 0.29) is 0 Å². The summed E-state index contributed by atoms with van der Waals surface area (Å²) in [6.45, 7) is 4.10. The maximum absolute atomic E-state index is 8.54. The molecule has 7 aromatic rings. The first kappa shape index (κ1) is 35.6. The van der Waals surface area contributed by atoms with Gasteiger partial charge in [-0.15, -0.1) is 60.7 Å². The summed E-state index contributed by atoms with van der Waals surface area (Å²) < 4.78 is 0. The third kappa shape index (κ3) is 7.01. The summed E-state index contributed by atoms with van der Waals surface area (Å²) in [5.41, 5.74) is 14.4. The highest BCUT2D eigenvalue weighted by molar-refractivity contribution is 7.81. The van der Waals surface area contributed by atoms with Gasteiger partial charge in [0.15, 0.2) is 0 Å². The molecule has 12 heteroatoms. The van der Waals surface area contributed by atoms with Gasteiger partial charge in [0.05, 0.1) is 28.5 Å². The van der Waals surface area contributed by atoms with Crippen molar-refractivity contribution < 1.29 is 0 Å². The number of thiol groups is 4. The van der Waals surface area contributed by atoms with E-state index >= 15 is 0 Å². The summed E-state index contributed by atoms with van der Waals surface area (Å²) in [5, 5.41) is 33.6. The van der Waals surface area contributed by atoms with E-state index in [0.717, 1.165) is 91.8 Å². The van der Waals surface area contributed by atoms with Crippen LogP contribution >= 0.6 is 50.5 Å². The number of fused-ring (bicyclic) bond motifs is 4. The number of anilines is 1. The van der Waals surface area contributed by atoms with Crippen LogP contribution in [-0.4, -0.2) is 26.4 Å². The number of hydrogen-bond donors (Lipinski definition) is 6. The van der Waals surface area contributed by atoms with Gasteiger partial charge in [-0.3, -0.25) is 10.8 Å². The Labute approximate surface area is 334 Å². The Hall–Kier alpha value is -5.40. The second-order valence-electron chi connectivity index (χ2n) is 12.8. The van der Waals surface area contributed by atoms with Crippen LogP contribution in [-0.2, 0) is 0 Å². The van der Waals surface area contributed by atoms with Gasteiger partial charge in [0, 0.05) is 30.5 Å². The molecule has 0 unspecified atom stereocenters. The molecular formula is C42H32N8S4. The minimum absolute atomic E-state index is 0.356. The second kappa shape index (κ2) is 14.8. The predicted octanol–water partition coefficient (Wildman–Crippen LogP) is 11.8. The zero-order chi connectivity index (χ0) is 37.5. The summed E-state index contributed by atoms with van der Waals surface area (Å²) in [5.74, 6) is 0. The Bertz CT molecular complexity index is 2780. The third-order valence-electron chi connectivity index (χ3n) is 9.37. The number of aromatic nitrogens is 3. The van der Waals surface area contributed by atoms with Crippen molar-refractivity contribution in [3.8, 4) is 5.69 Å². The molecule has 8 rings (SSSR count). The number of hydrazone groups is 1. The van der Waals surface area contributed by atoms with E-state index in [1.165, 1.54) is 0 Å². The zero-order valence-corrected chi connectivity index (χ0v) is 32.6. The lowest BCUT2D eigenvalue weighted by atomic mass is 9.94. The summed E-state index contributed by atoms with van der Waals surface area (Å²) in [6, 6.07) is 31.1. The van der Waals surface area contributed by atoms with Gasteiger partial charge in [-0.2, -0.15) is 20.1 Å². The summed E-state index contributed by atoms with van der Waals surface area (Å²) >= 11 is 18.7. The molecule has 0 bridgehead atoms. The second-order valence-corrected chi connectivity index (χ2v) is 14.8. The van der Waals surface area contributed by atoms with Crippen molar-refractivity contribution >= 4 is 119 Å². The first-order valence-electron chi connectivity index (χ1n) is 16.9. The topological polar surface area (TPSA) is 104 Å². The highest BCUT2D eigenvalue weighted by Crippen LogP contribution is 2.34. The SMILES string of the molecule is Cc1c(N=Nc2ccc(N/N=C3/C=Cc4cc(S)ccc4C3=N)cc2)cc(S)c(C=Cc2ccc(-n3nc4cc(S)c5ccccc5c4n3)cc2S)c1C. The maximum Gasteiger partial charge on any atom is 0.121 e. The molecular weight excluding hydrogens is 745 g/mol. The van der Waals surface area contributed by atoms with Gasteiger partial charge in [-0.05, 0) is 114 Å². The lowest BCUT2D eigenvalue weighted by Gasteiger charge is -2.14. The van der Waals surface area contributed by atoms with Crippen LogP contribution in [0.1, 0.15) is 33.4 Å². The molecule has 8 nitrogen and oxygen atoms in total. The molecule has 1 heterocycles. The van der Waals surface area contributed by atoms with Crippen molar-refractivity contribution in [1.82, 2.24) is 15.0 Å². The van der Waals surface area contributed by atoms with E-state index in [9.17, 15) is 0 Å². The van der Waals surface area contributed by atoms with Crippen LogP contribution in [0, 0.1) is 19.3 Å². The molecule has 6 aromatic carbocycles. The number of nitrogens with one attached hydrogen (secondary N) is 2. The van der Waals surface area contributed by atoms with Crippen LogP contribution in [0.5, 0.6) is 0 Å². The van der Waals surface area contributed by atoms with Crippen LogP contribution in [0.3, 0.4) is 0 Å². The Morgan fingerprint density at radius 1 is 0.722 bits per heavy atom. The molecule has 0 saturated heterocycles. The average molecular weight is 777 g/mol.